The molecule has 0 spiro atoms. The monoisotopic (exact) mass is 298 g/mol. The van der Waals surface area contributed by atoms with Crippen LogP contribution in [0.15, 0.2) is 34.2 Å². The first-order chi connectivity index (χ1) is 7.78. The summed E-state index contributed by atoms with van der Waals surface area (Å²) < 4.78 is 5.97. The number of ether oxygens (including phenoxy) is 1. The van der Waals surface area contributed by atoms with E-state index >= 15 is 0 Å². The molecule has 0 unspecified atom stereocenters. The van der Waals surface area contributed by atoms with Crippen LogP contribution in [0, 0.1) is 0 Å². The van der Waals surface area contributed by atoms with Crippen molar-refractivity contribution in [3.8, 4) is 5.75 Å². The molecule has 0 saturated heterocycles. The molecule has 3 nitrogen and oxygen atoms in total. The molecule has 1 aromatic heterocycles. The predicted molar refractivity (Wildman–Crippen MR) is 70.1 cm³/mol. The highest BCUT2D eigenvalue weighted by Gasteiger charge is 1.99. The molecule has 2 aromatic rings. The summed E-state index contributed by atoms with van der Waals surface area (Å²) in [6, 6.07) is 7.98. The van der Waals surface area contributed by atoms with Crippen LogP contribution in [0.5, 0.6) is 5.75 Å². The fraction of sp³-hybridized carbons (Fsp3) is 0.182. The second kappa shape index (κ2) is 5.32. The van der Waals surface area contributed by atoms with Crippen LogP contribution in [0.25, 0.3) is 0 Å². The minimum atomic E-state index is 0.768. The second-order valence-electron chi connectivity index (χ2n) is 3.18. The van der Waals surface area contributed by atoms with E-state index in [9.17, 15) is 0 Å². The molecule has 84 valence electrons. The molecule has 5 heteroatoms. The van der Waals surface area contributed by atoms with Gasteiger partial charge in [-0.15, -0.1) is 11.3 Å². The summed E-state index contributed by atoms with van der Waals surface area (Å²) >= 11 is 4.90. The number of halogens is 1. The third-order valence-electron chi connectivity index (χ3n) is 2.08. The van der Waals surface area contributed by atoms with Crippen molar-refractivity contribution in [1.29, 1.82) is 0 Å². The van der Waals surface area contributed by atoms with E-state index in [-0.39, 0.29) is 0 Å². The van der Waals surface area contributed by atoms with Crippen LogP contribution in [0.3, 0.4) is 0 Å². The largest absolute Gasteiger partial charge is 0.497 e. The van der Waals surface area contributed by atoms with Crippen LogP contribution in [-0.4, -0.2) is 12.1 Å². The number of hydrogen-bond donors (Lipinski definition) is 1. The van der Waals surface area contributed by atoms with Gasteiger partial charge in [0.05, 0.1) is 7.11 Å². The Morgan fingerprint density at radius 2 is 2.12 bits per heavy atom. The molecule has 0 aliphatic rings. The average Bonchev–Trinajstić information content (AvgIpc) is 2.73. The van der Waals surface area contributed by atoms with Crippen molar-refractivity contribution >= 4 is 32.4 Å². The van der Waals surface area contributed by atoms with Gasteiger partial charge in [-0.2, -0.15) is 0 Å². The molecule has 16 heavy (non-hydrogen) atoms. The van der Waals surface area contributed by atoms with Gasteiger partial charge in [-0.05, 0) is 33.6 Å². The maximum absolute atomic E-state index is 5.10. The maximum atomic E-state index is 5.10. The highest BCUT2D eigenvalue weighted by molar-refractivity contribution is 9.10. The van der Waals surface area contributed by atoms with Gasteiger partial charge in [0.15, 0.2) is 5.13 Å². The van der Waals surface area contributed by atoms with Crippen LogP contribution < -0.4 is 10.1 Å². The Labute approximate surface area is 107 Å². The first-order valence-electron chi connectivity index (χ1n) is 4.76. The summed E-state index contributed by atoms with van der Waals surface area (Å²) in [4.78, 5) is 4.26. The van der Waals surface area contributed by atoms with Gasteiger partial charge in [0.25, 0.3) is 0 Å². The van der Waals surface area contributed by atoms with E-state index in [0.717, 1.165) is 22.0 Å². The summed E-state index contributed by atoms with van der Waals surface area (Å²) in [5, 5.41) is 6.13. The van der Waals surface area contributed by atoms with Gasteiger partial charge in [0.2, 0.25) is 0 Å². The number of rotatable bonds is 4. The molecule has 0 aliphatic carbocycles. The molecule has 0 bridgehead atoms. The zero-order chi connectivity index (χ0) is 11.4. The van der Waals surface area contributed by atoms with Crippen LogP contribution >= 0.6 is 27.3 Å². The van der Waals surface area contributed by atoms with Crippen LogP contribution in [0.4, 0.5) is 5.13 Å². The van der Waals surface area contributed by atoms with E-state index in [4.69, 9.17) is 4.74 Å². The zero-order valence-electron chi connectivity index (χ0n) is 8.74. The lowest BCUT2D eigenvalue weighted by molar-refractivity contribution is 0.414. The van der Waals surface area contributed by atoms with Gasteiger partial charge in [-0.3, -0.25) is 0 Å². The zero-order valence-corrected chi connectivity index (χ0v) is 11.1. The molecule has 1 aromatic carbocycles. The highest BCUT2D eigenvalue weighted by atomic mass is 79.9. The average molecular weight is 299 g/mol. The smallest absolute Gasteiger partial charge is 0.184 e. The van der Waals surface area contributed by atoms with E-state index in [1.807, 2.05) is 29.6 Å². The summed E-state index contributed by atoms with van der Waals surface area (Å²) in [6.07, 6.45) is 0. The number of nitrogens with zero attached hydrogens (tertiary/aromatic N) is 1. The van der Waals surface area contributed by atoms with E-state index in [1.54, 1.807) is 18.4 Å². The number of methoxy groups -OCH3 is 1. The number of thiazole rings is 1. The standard InChI is InChI=1S/C11H11BrN2OS/c1-15-9-4-2-8(3-5-9)6-13-11-14-10(12)7-16-11/h2-5,7H,6H2,1H3,(H,13,14). The van der Waals surface area contributed by atoms with Crippen molar-refractivity contribution in [2.75, 3.05) is 12.4 Å². The number of aromatic nitrogens is 1. The van der Waals surface area contributed by atoms with Crippen molar-refractivity contribution in [2.45, 2.75) is 6.54 Å². The fourth-order valence-electron chi connectivity index (χ4n) is 1.26. The molecule has 0 saturated carbocycles. The van der Waals surface area contributed by atoms with Gasteiger partial charge in [-0.1, -0.05) is 12.1 Å². The SMILES string of the molecule is COc1ccc(CNc2nc(Br)cs2)cc1. The molecular formula is C11H11BrN2OS. The number of benzene rings is 1. The lowest BCUT2D eigenvalue weighted by Crippen LogP contribution is -1.98. The van der Waals surface area contributed by atoms with Crippen molar-refractivity contribution < 1.29 is 4.74 Å². The Kier molecular flexibility index (Phi) is 3.79. The summed E-state index contributed by atoms with van der Waals surface area (Å²) in [6.45, 7) is 0.768. The van der Waals surface area contributed by atoms with Crippen molar-refractivity contribution in [3.05, 3.63) is 39.8 Å². The van der Waals surface area contributed by atoms with E-state index < -0.39 is 0 Å². The fourth-order valence-corrected chi connectivity index (χ4v) is 2.40. The molecule has 0 radical (unpaired) electrons. The molecule has 0 fully saturated rings. The van der Waals surface area contributed by atoms with Crippen LogP contribution in [-0.2, 0) is 6.54 Å². The topological polar surface area (TPSA) is 34.1 Å². The van der Waals surface area contributed by atoms with Gasteiger partial charge >= 0.3 is 0 Å². The Balaban J connectivity index is 1.94. The number of anilines is 1. The minimum Gasteiger partial charge on any atom is -0.497 e. The van der Waals surface area contributed by atoms with Gasteiger partial charge in [-0.25, -0.2) is 4.98 Å². The summed E-state index contributed by atoms with van der Waals surface area (Å²) in [7, 11) is 1.67. The lowest BCUT2D eigenvalue weighted by atomic mass is 10.2. The molecule has 0 aliphatic heterocycles. The van der Waals surface area contributed by atoms with Crippen molar-refractivity contribution in [3.63, 3.8) is 0 Å². The molecule has 2 rings (SSSR count). The van der Waals surface area contributed by atoms with Crippen molar-refractivity contribution in [1.82, 2.24) is 4.98 Å². The van der Waals surface area contributed by atoms with Crippen LogP contribution in [0.2, 0.25) is 0 Å². The second-order valence-corrected chi connectivity index (χ2v) is 4.85. The highest BCUT2D eigenvalue weighted by Crippen LogP contribution is 2.20. The predicted octanol–water partition coefficient (Wildman–Crippen LogP) is 3.53. The Morgan fingerprint density at radius 3 is 2.69 bits per heavy atom. The number of nitrogens with one attached hydrogen (secondary N) is 1. The third-order valence-corrected chi connectivity index (χ3v) is 3.59. The Bertz CT molecular complexity index is 455. The third kappa shape index (κ3) is 2.96. The quantitative estimate of drug-likeness (QED) is 0.938. The molecule has 1 heterocycles. The molecule has 0 atom stereocenters. The number of hydrogen-bond acceptors (Lipinski definition) is 4. The van der Waals surface area contributed by atoms with E-state index in [0.29, 0.717) is 0 Å². The Morgan fingerprint density at radius 1 is 1.38 bits per heavy atom. The van der Waals surface area contributed by atoms with E-state index in [1.165, 1.54) is 5.56 Å². The van der Waals surface area contributed by atoms with Gasteiger partial charge in [0, 0.05) is 11.9 Å². The minimum absolute atomic E-state index is 0.768. The van der Waals surface area contributed by atoms with Gasteiger partial charge < -0.3 is 10.1 Å². The first-order valence-corrected chi connectivity index (χ1v) is 6.43. The summed E-state index contributed by atoms with van der Waals surface area (Å²) in [5.74, 6) is 0.876. The molecule has 1 N–H and O–H groups in total. The van der Waals surface area contributed by atoms with Crippen molar-refractivity contribution in [2.24, 2.45) is 0 Å². The van der Waals surface area contributed by atoms with Crippen LogP contribution in [0.1, 0.15) is 5.56 Å². The first kappa shape index (κ1) is 11.4. The lowest BCUT2D eigenvalue weighted by Gasteiger charge is -2.04. The normalized spacial score (nSPS) is 10.1. The molecular weight excluding hydrogens is 288 g/mol. The van der Waals surface area contributed by atoms with E-state index in [2.05, 4.69) is 26.2 Å². The van der Waals surface area contributed by atoms with Gasteiger partial charge in [0.1, 0.15) is 10.4 Å². The maximum Gasteiger partial charge on any atom is 0.184 e. The molecule has 0 amide bonds. The summed E-state index contributed by atoms with van der Waals surface area (Å²) in [5.41, 5.74) is 1.20. The Hall–Kier alpha value is -1.07.